The Balaban J connectivity index is 3.09. The molecule has 0 aliphatic rings. The second-order valence-corrected chi connectivity index (χ2v) is 5.18. The number of nitrogens with one attached hydrogen (secondary N) is 1. The van der Waals surface area contributed by atoms with Crippen LogP contribution < -0.4 is 10.1 Å². The van der Waals surface area contributed by atoms with Gasteiger partial charge in [-0.05, 0) is 30.2 Å². The third kappa shape index (κ3) is 3.35. The van der Waals surface area contributed by atoms with Crippen LogP contribution in [-0.4, -0.2) is 25.5 Å². The van der Waals surface area contributed by atoms with Gasteiger partial charge >= 0.3 is 0 Å². The Morgan fingerprint density at radius 2 is 2.06 bits per heavy atom. The molecular weight excluding hydrogens is 238 g/mol. The molecule has 0 aliphatic carbocycles. The predicted octanol–water partition coefficient (Wildman–Crippen LogP) is 2.47. The van der Waals surface area contributed by atoms with E-state index in [0.29, 0.717) is 17.3 Å². The monoisotopic (exact) mass is 257 g/mol. The molecule has 0 radical (unpaired) electrons. The lowest BCUT2D eigenvalue weighted by molar-refractivity contribution is 0.247. The summed E-state index contributed by atoms with van der Waals surface area (Å²) < 4.78 is 5.19. The van der Waals surface area contributed by atoms with Crippen LogP contribution in [0.3, 0.4) is 0 Å². The van der Waals surface area contributed by atoms with Crippen molar-refractivity contribution in [2.75, 3.05) is 20.4 Å². The Morgan fingerprint density at radius 3 is 2.59 bits per heavy atom. The van der Waals surface area contributed by atoms with Gasteiger partial charge < -0.3 is 9.84 Å². The van der Waals surface area contributed by atoms with Crippen molar-refractivity contribution >= 4 is 11.6 Å². The van der Waals surface area contributed by atoms with Gasteiger partial charge in [-0.2, -0.15) is 0 Å². The van der Waals surface area contributed by atoms with Gasteiger partial charge in [0.2, 0.25) is 0 Å². The summed E-state index contributed by atoms with van der Waals surface area (Å²) in [7, 11) is 1.61. The van der Waals surface area contributed by atoms with Crippen LogP contribution in [0.25, 0.3) is 0 Å². The molecule has 0 atom stereocenters. The molecule has 0 bridgehead atoms. The smallest absolute Gasteiger partial charge is 0.137 e. The largest absolute Gasteiger partial charge is 0.495 e. The zero-order valence-corrected chi connectivity index (χ0v) is 11.6. The van der Waals surface area contributed by atoms with Crippen LogP contribution >= 0.6 is 11.6 Å². The highest BCUT2D eigenvalue weighted by Gasteiger charge is 2.23. The second kappa shape index (κ2) is 5.71. The number of hydrogen-bond donors (Lipinski definition) is 2. The topological polar surface area (TPSA) is 41.5 Å². The minimum atomic E-state index is -0.0945. The number of halogens is 1. The van der Waals surface area contributed by atoms with E-state index in [1.54, 1.807) is 7.11 Å². The molecule has 0 amide bonds. The SMILES string of the molecule is COc1cc(C)c(C(C)(C)CNCO)cc1Cl. The van der Waals surface area contributed by atoms with Crippen LogP contribution in [0, 0.1) is 6.92 Å². The molecular formula is C13H20ClNO2. The second-order valence-electron chi connectivity index (χ2n) is 4.77. The number of aryl methyl sites for hydroxylation is 1. The molecule has 0 aromatic heterocycles. The van der Waals surface area contributed by atoms with Gasteiger partial charge in [0.25, 0.3) is 0 Å². The first-order valence-electron chi connectivity index (χ1n) is 5.58. The van der Waals surface area contributed by atoms with Crippen molar-refractivity contribution in [3.05, 3.63) is 28.3 Å². The summed E-state index contributed by atoms with van der Waals surface area (Å²) in [5, 5.41) is 12.4. The first kappa shape index (κ1) is 14.3. The molecule has 17 heavy (non-hydrogen) atoms. The Bertz CT molecular complexity index is 391. The van der Waals surface area contributed by atoms with Crippen LogP contribution in [0.15, 0.2) is 12.1 Å². The van der Waals surface area contributed by atoms with Gasteiger partial charge in [0, 0.05) is 12.0 Å². The molecule has 1 aromatic carbocycles. The fourth-order valence-corrected chi connectivity index (χ4v) is 2.25. The molecule has 0 heterocycles. The lowest BCUT2D eigenvalue weighted by Crippen LogP contribution is -2.34. The van der Waals surface area contributed by atoms with E-state index in [4.69, 9.17) is 21.4 Å². The normalized spacial score (nSPS) is 11.6. The number of methoxy groups -OCH3 is 1. The molecule has 0 aliphatic heterocycles. The summed E-state index contributed by atoms with van der Waals surface area (Å²) in [6, 6.07) is 3.88. The molecule has 2 N–H and O–H groups in total. The predicted molar refractivity (Wildman–Crippen MR) is 70.9 cm³/mol. The Hall–Kier alpha value is -0.770. The van der Waals surface area contributed by atoms with E-state index < -0.39 is 0 Å². The van der Waals surface area contributed by atoms with Gasteiger partial charge in [-0.25, -0.2) is 0 Å². The molecule has 4 heteroatoms. The van der Waals surface area contributed by atoms with Gasteiger partial charge in [-0.3, -0.25) is 5.32 Å². The average Bonchev–Trinajstić information content (AvgIpc) is 2.28. The average molecular weight is 258 g/mol. The van der Waals surface area contributed by atoms with E-state index >= 15 is 0 Å². The third-order valence-electron chi connectivity index (χ3n) is 2.91. The molecule has 3 nitrogen and oxygen atoms in total. The van der Waals surface area contributed by atoms with Crippen LogP contribution in [0.4, 0.5) is 0 Å². The Kier molecular flexibility index (Phi) is 4.80. The maximum absolute atomic E-state index is 8.83. The van der Waals surface area contributed by atoms with Crippen LogP contribution in [0.1, 0.15) is 25.0 Å². The van der Waals surface area contributed by atoms with E-state index in [2.05, 4.69) is 19.2 Å². The molecule has 0 unspecified atom stereocenters. The first-order valence-corrected chi connectivity index (χ1v) is 5.96. The number of benzene rings is 1. The van der Waals surface area contributed by atoms with Crippen molar-refractivity contribution in [3.8, 4) is 5.75 Å². The van der Waals surface area contributed by atoms with E-state index in [1.165, 1.54) is 0 Å². The number of rotatable bonds is 5. The fraction of sp³-hybridized carbons (Fsp3) is 0.538. The lowest BCUT2D eigenvalue weighted by atomic mass is 9.82. The van der Waals surface area contributed by atoms with Crippen molar-refractivity contribution in [1.29, 1.82) is 0 Å². The van der Waals surface area contributed by atoms with Gasteiger partial charge in [-0.15, -0.1) is 0 Å². The molecule has 1 aromatic rings. The molecule has 0 saturated heterocycles. The zero-order valence-electron chi connectivity index (χ0n) is 10.8. The van der Waals surface area contributed by atoms with Crippen molar-refractivity contribution in [3.63, 3.8) is 0 Å². The highest BCUT2D eigenvalue weighted by atomic mass is 35.5. The highest BCUT2D eigenvalue weighted by molar-refractivity contribution is 6.32. The Morgan fingerprint density at radius 1 is 1.41 bits per heavy atom. The van der Waals surface area contributed by atoms with Crippen molar-refractivity contribution in [1.82, 2.24) is 5.32 Å². The molecule has 0 saturated carbocycles. The summed E-state index contributed by atoms with van der Waals surface area (Å²) in [5.74, 6) is 0.693. The lowest BCUT2D eigenvalue weighted by Gasteiger charge is -2.28. The van der Waals surface area contributed by atoms with Gasteiger partial charge in [0.15, 0.2) is 0 Å². The Labute approximate surface area is 108 Å². The van der Waals surface area contributed by atoms with E-state index in [9.17, 15) is 0 Å². The molecule has 96 valence electrons. The minimum absolute atomic E-state index is 0.0215. The van der Waals surface area contributed by atoms with Crippen molar-refractivity contribution in [2.45, 2.75) is 26.2 Å². The fourth-order valence-electron chi connectivity index (χ4n) is 2.00. The van der Waals surface area contributed by atoms with E-state index in [1.807, 2.05) is 19.1 Å². The summed E-state index contributed by atoms with van der Waals surface area (Å²) in [6.07, 6.45) is 0. The quantitative estimate of drug-likeness (QED) is 0.797. The number of aliphatic hydroxyl groups excluding tert-OH is 1. The van der Waals surface area contributed by atoms with E-state index in [0.717, 1.165) is 11.1 Å². The summed E-state index contributed by atoms with van der Waals surface area (Å²) in [6.45, 7) is 6.93. The molecule has 0 spiro atoms. The van der Waals surface area contributed by atoms with Crippen molar-refractivity contribution in [2.24, 2.45) is 0 Å². The standard InChI is InChI=1S/C13H20ClNO2/c1-9-5-12(17-4)11(14)6-10(9)13(2,3)7-15-8-16/h5-6,15-16H,7-8H2,1-4H3. The third-order valence-corrected chi connectivity index (χ3v) is 3.20. The van der Waals surface area contributed by atoms with Crippen LogP contribution in [0.5, 0.6) is 5.75 Å². The van der Waals surface area contributed by atoms with Gasteiger partial charge in [0.1, 0.15) is 5.75 Å². The summed E-state index contributed by atoms with van der Waals surface area (Å²) >= 11 is 6.15. The molecule has 0 fully saturated rings. The van der Waals surface area contributed by atoms with E-state index in [-0.39, 0.29) is 12.1 Å². The maximum atomic E-state index is 8.83. The van der Waals surface area contributed by atoms with Gasteiger partial charge in [-0.1, -0.05) is 25.4 Å². The highest BCUT2D eigenvalue weighted by Crippen LogP contribution is 2.34. The summed E-state index contributed by atoms with van der Waals surface area (Å²) in [4.78, 5) is 0. The number of hydrogen-bond acceptors (Lipinski definition) is 3. The van der Waals surface area contributed by atoms with Crippen LogP contribution in [-0.2, 0) is 5.41 Å². The molecule has 1 rings (SSSR count). The number of aliphatic hydroxyl groups is 1. The first-order chi connectivity index (χ1) is 7.92. The van der Waals surface area contributed by atoms with Crippen molar-refractivity contribution < 1.29 is 9.84 Å². The van der Waals surface area contributed by atoms with Crippen LogP contribution in [0.2, 0.25) is 5.02 Å². The zero-order chi connectivity index (χ0) is 13.1. The minimum Gasteiger partial charge on any atom is -0.495 e. The summed E-state index contributed by atoms with van der Waals surface area (Å²) in [5.41, 5.74) is 2.20. The number of ether oxygens (including phenoxy) is 1. The maximum Gasteiger partial charge on any atom is 0.137 e. The van der Waals surface area contributed by atoms with Gasteiger partial charge in [0.05, 0.1) is 18.9 Å².